The topological polar surface area (TPSA) is 72.2 Å². The zero-order valence-electron chi connectivity index (χ0n) is 12.3. The van der Waals surface area contributed by atoms with Crippen molar-refractivity contribution in [3.05, 3.63) is 53.9 Å². The van der Waals surface area contributed by atoms with Crippen LogP contribution in [0, 0.1) is 6.92 Å². The van der Waals surface area contributed by atoms with Gasteiger partial charge in [-0.05, 0) is 24.3 Å². The third-order valence-corrected chi connectivity index (χ3v) is 4.67. The van der Waals surface area contributed by atoms with Gasteiger partial charge >= 0.3 is 6.18 Å². The molecule has 126 valence electrons. The lowest BCUT2D eigenvalue weighted by Gasteiger charge is -2.14. The highest BCUT2D eigenvalue weighted by Gasteiger charge is 2.36. The second kappa shape index (κ2) is 5.52. The Labute approximate surface area is 135 Å². The summed E-state index contributed by atoms with van der Waals surface area (Å²) >= 11 is 0. The van der Waals surface area contributed by atoms with Gasteiger partial charge in [-0.3, -0.25) is 4.72 Å². The van der Waals surface area contributed by atoms with Crippen LogP contribution in [-0.4, -0.2) is 13.4 Å². The molecule has 5 nitrogen and oxygen atoms in total. The van der Waals surface area contributed by atoms with Crippen molar-refractivity contribution in [3.8, 4) is 0 Å². The fourth-order valence-electron chi connectivity index (χ4n) is 2.25. The van der Waals surface area contributed by atoms with Crippen molar-refractivity contribution in [2.45, 2.75) is 18.0 Å². The van der Waals surface area contributed by atoms with Crippen LogP contribution in [0.4, 0.5) is 18.9 Å². The zero-order valence-corrected chi connectivity index (χ0v) is 13.1. The monoisotopic (exact) mass is 356 g/mol. The molecule has 0 unspecified atom stereocenters. The Kier molecular flexibility index (Phi) is 3.75. The Morgan fingerprint density at radius 2 is 1.83 bits per heavy atom. The summed E-state index contributed by atoms with van der Waals surface area (Å²) in [5.41, 5.74) is -0.298. The summed E-state index contributed by atoms with van der Waals surface area (Å²) in [6.45, 7) is 1.63. The summed E-state index contributed by atoms with van der Waals surface area (Å²) < 4.78 is 71.2. The summed E-state index contributed by atoms with van der Waals surface area (Å²) in [4.78, 5) is 3.22. The van der Waals surface area contributed by atoms with E-state index in [0.29, 0.717) is 17.0 Å². The smallest absolute Gasteiger partial charge is 0.417 e. The minimum Gasteiger partial charge on any atom is -0.441 e. The summed E-state index contributed by atoms with van der Waals surface area (Å²) in [5.74, 6) is 0.396. The summed E-state index contributed by atoms with van der Waals surface area (Å²) in [7, 11) is -4.42. The van der Waals surface area contributed by atoms with Crippen molar-refractivity contribution < 1.29 is 26.0 Å². The fourth-order valence-corrected chi connectivity index (χ4v) is 3.53. The van der Waals surface area contributed by atoms with Crippen molar-refractivity contribution in [3.63, 3.8) is 0 Å². The van der Waals surface area contributed by atoms with Gasteiger partial charge in [0, 0.05) is 13.0 Å². The number of rotatable bonds is 3. The van der Waals surface area contributed by atoms with Gasteiger partial charge in [-0.1, -0.05) is 12.1 Å². The molecule has 0 aliphatic heterocycles. The van der Waals surface area contributed by atoms with Crippen LogP contribution < -0.4 is 4.72 Å². The molecule has 0 saturated carbocycles. The van der Waals surface area contributed by atoms with Crippen molar-refractivity contribution in [2.75, 3.05) is 4.72 Å². The van der Waals surface area contributed by atoms with Crippen molar-refractivity contribution in [1.29, 1.82) is 0 Å². The maximum absolute atomic E-state index is 13.0. The van der Waals surface area contributed by atoms with Gasteiger partial charge in [0.15, 0.2) is 11.5 Å². The lowest BCUT2D eigenvalue weighted by atomic mass is 10.2. The number of benzene rings is 2. The zero-order chi connectivity index (χ0) is 17.5. The predicted octanol–water partition coefficient (Wildman–Crippen LogP) is 3.96. The van der Waals surface area contributed by atoms with E-state index in [9.17, 15) is 21.6 Å². The maximum atomic E-state index is 13.0. The normalized spacial score (nSPS) is 12.5. The van der Waals surface area contributed by atoms with Crippen LogP contribution >= 0.6 is 0 Å². The number of aryl methyl sites for hydroxylation is 1. The van der Waals surface area contributed by atoms with Crippen LogP contribution in [0.1, 0.15) is 11.5 Å². The van der Waals surface area contributed by atoms with Gasteiger partial charge in [0.05, 0.1) is 16.1 Å². The average Bonchev–Trinajstić information content (AvgIpc) is 2.85. The van der Waals surface area contributed by atoms with Crippen molar-refractivity contribution in [1.82, 2.24) is 4.98 Å². The number of hydrogen-bond acceptors (Lipinski definition) is 4. The second-order valence-corrected chi connectivity index (χ2v) is 6.67. The third kappa shape index (κ3) is 3.07. The minimum absolute atomic E-state index is 0.0793. The first-order chi connectivity index (χ1) is 11.2. The first-order valence-electron chi connectivity index (χ1n) is 6.73. The molecular formula is C15H11F3N2O3S. The predicted molar refractivity (Wildman–Crippen MR) is 81.0 cm³/mol. The van der Waals surface area contributed by atoms with E-state index in [1.807, 2.05) is 0 Å². The Morgan fingerprint density at radius 1 is 1.12 bits per heavy atom. The van der Waals surface area contributed by atoms with Crippen LogP contribution in [0.15, 0.2) is 51.8 Å². The number of aromatic nitrogens is 1. The maximum Gasteiger partial charge on any atom is 0.417 e. The summed E-state index contributed by atoms with van der Waals surface area (Å²) in [6, 6.07) is 8.26. The molecule has 0 aliphatic carbocycles. The molecule has 24 heavy (non-hydrogen) atoms. The Hall–Kier alpha value is -2.55. The number of nitrogens with one attached hydrogen (secondary N) is 1. The highest BCUT2D eigenvalue weighted by molar-refractivity contribution is 7.92. The van der Waals surface area contributed by atoms with Gasteiger partial charge < -0.3 is 4.42 Å². The molecule has 1 aromatic heterocycles. The van der Waals surface area contributed by atoms with Gasteiger partial charge in [0.25, 0.3) is 10.0 Å². The van der Waals surface area contributed by atoms with Crippen LogP contribution in [0.2, 0.25) is 0 Å². The Bertz CT molecular complexity index is 1010. The molecule has 0 radical (unpaired) electrons. The SMILES string of the molecule is Cc1nc2ccc(NS(=O)(=O)c3ccccc3C(F)(F)F)cc2o1. The lowest BCUT2D eigenvalue weighted by molar-refractivity contribution is -0.139. The van der Waals surface area contributed by atoms with Crippen LogP contribution in [0.5, 0.6) is 0 Å². The van der Waals surface area contributed by atoms with Gasteiger partial charge in [-0.25, -0.2) is 13.4 Å². The third-order valence-electron chi connectivity index (χ3n) is 3.23. The first-order valence-corrected chi connectivity index (χ1v) is 8.21. The molecule has 0 bridgehead atoms. The fraction of sp³-hybridized carbons (Fsp3) is 0.133. The molecule has 2 aromatic carbocycles. The largest absolute Gasteiger partial charge is 0.441 e. The summed E-state index contributed by atoms with van der Waals surface area (Å²) in [6.07, 6.45) is -4.78. The molecule has 0 atom stereocenters. The number of sulfonamides is 1. The average molecular weight is 356 g/mol. The molecule has 0 amide bonds. The standard InChI is InChI=1S/C15H11F3N2O3S/c1-9-19-12-7-6-10(8-13(12)23-9)20-24(21,22)14-5-3-2-4-11(14)15(16,17)18/h2-8,20H,1H3. The van der Waals surface area contributed by atoms with Crippen molar-refractivity contribution in [2.24, 2.45) is 0 Å². The molecule has 9 heteroatoms. The number of nitrogens with zero attached hydrogens (tertiary/aromatic N) is 1. The minimum atomic E-state index is -4.78. The van der Waals surface area contributed by atoms with E-state index in [-0.39, 0.29) is 5.69 Å². The summed E-state index contributed by atoms with van der Waals surface area (Å²) in [5, 5.41) is 0. The number of fused-ring (bicyclic) bond motifs is 1. The number of halogens is 3. The van der Waals surface area contributed by atoms with E-state index >= 15 is 0 Å². The molecule has 3 rings (SSSR count). The van der Waals surface area contributed by atoms with Crippen LogP contribution in [0.3, 0.4) is 0 Å². The molecule has 1 heterocycles. The van der Waals surface area contributed by atoms with Crippen molar-refractivity contribution >= 4 is 26.8 Å². The number of hydrogen-bond donors (Lipinski definition) is 1. The quantitative estimate of drug-likeness (QED) is 0.771. The van der Waals surface area contributed by atoms with E-state index in [1.165, 1.54) is 24.3 Å². The molecule has 0 aliphatic rings. The number of oxazole rings is 1. The molecule has 0 saturated heterocycles. The van der Waals surface area contributed by atoms with E-state index in [0.717, 1.165) is 18.2 Å². The Balaban J connectivity index is 2.02. The second-order valence-electron chi connectivity index (χ2n) is 5.01. The highest BCUT2D eigenvalue weighted by Crippen LogP contribution is 2.34. The van der Waals surface area contributed by atoms with Crippen LogP contribution in [0.25, 0.3) is 11.1 Å². The molecular weight excluding hydrogens is 345 g/mol. The van der Waals surface area contributed by atoms with Gasteiger partial charge in [-0.2, -0.15) is 13.2 Å². The van der Waals surface area contributed by atoms with Gasteiger partial charge in [-0.15, -0.1) is 0 Å². The molecule has 3 aromatic rings. The van der Waals surface area contributed by atoms with E-state index in [4.69, 9.17) is 4.42 Å². The van der Waals surface area contributed by atoms with E-state index in [2.05, 4.69) is 9.71 Å². The van der Waals surface area contributed by atoms with Crippen LogP contribution in [-0.2, 0) is 16.2 Å². The van der Waals surface area contributed by atoms with Gasteiger partial charge in [0.1, 0.15) is 5.52 Å². The van der Waals surface area contributed by atoms with E-state index < -0.39 is 26.7 Å². The van der Waals surface area contributed by atoms with E-state index in [1.54, 1.807) is 6.92 Å². The molecule has 1 N–H and O–H groups in total. The lowest BCUT2D eigenvalue weighted by Crippen LogP contribution is -2.18. The van der Waals surface area contributed by atoms with Gasteiger partial charge in [0.2, 0.25) is 0 Å². The first kappa shape index (κ1) is 16.3. The molecule has 0 fully saturated rings. The Morgan fingerprint density at radius 3 is 2.54 bits per heavy atom. The number of anilines is 1. The highest BCUT2D eigenvalue weighted by atomic mass is 32.2. The molecule has 0 spiro atoms. The number of alkyl halides is 3.